The molecule has 3 saturated heterocycles. The van der Waals surface area contributed by atoms with Crippen LogP contribution < -0.4 is 15.8 Å². The van der Waals surface area contributed by atoms with E-state index in [4.69, 9.17) is 0 Å². The van der Waals surface area contributed by atoms with Gasteiger partial charge < -0.3 is 9.88 Å². The second-order valence-corrected chi connectivity index (χ2v) is 13.7. The monoisotopic (exact) mass is 531 g/mol. The summed E-state index contributed by atoms with van der Waals surface area (Å²) >= 11 is 0. The van der Waals surface area contributed by atoms with E-state index in [1.165, 1.54) is 51.4 Å². The summed E-state index contributed by atoms with van der Waals surface area (Å²) in [4.78, 5) is 48.7. The third-order valence-corrected chi connectivity index (χ3v) is 10.7. The van der Waals surface area contributed by atoms with Crippen LogP contribution in [-0.2, 0) is 4.79 Å². The lowest BCUT2D eigenvalue weighted by molar-refractivity contribution is -0.121. The predicted octanol–water partition coefficient (Wildman–Crippen LogP) is 5.00. The summed E-state index contributed by atoms with van der Waals surface area (Å²) in [5, 5.41) is 2.71. The Kier molecular flexibility index (Phi) is 5.92. The Balaban J connectivity index is 1.28. The zero-order valence-electron chi connectivity index (χ0n) is 23.4. The summed E-state index contributed by atoms with van der Waals surface area (Å²) < 4.78 is 1.88. The largest absolute Gasteiger partial charge is 0.331 e. The zero-order chi connectivity index (χ0) is 27.1. The Hall–Kier alpha value is -2.74. The molecule has 2 saturated carbocycles. The molecule has 3 aliphatic heterocycles. The van der Waals surface area contributed by atoms with Crippen molar-refractivity contribution in [1.82, 2.24) is 19.8 Å². The number of anilines is 1. The number of hydrogen-bond acceptors (Lipinski definition) is 5. The van der Waals surface area contributed by atoms with Gasteiger partial charge in [0.05, 0.1) is 11.0 Å². The van der Waals surface area contributed by atoms with Crippen molar-refractivity contribution in [3.05, 3.63) is 34.6 Å². The number of fused-ring (bicyclic) bond motifs is 5. The third kappa shape index (κ3) is 4.04. The Bertz CT molecular complexity index is 1370. The van der Waals surface area contributed by atoms with Crippen molar-refractivity contribution < 1.29 is 9.59 Å². The van der Waals surface area contributed by atoms with E-state index in [9.17, 15) is 14.4 Å². The third-order valence-electron chi connectivity index (χ3n) is 10.7. The van der Waals surface area contributed by atoms with Crippen LogP contribution in [0.25, 0.3) is 11.0 Å². The summed E-state index contributed by atoms with van der Waals surface area (Å²) in [6.07, 6.45) is 12.6. The number of para-hydroxylation sites is 2. The lowest BCUT2D eigenvalue weighted by Crippen LogP contribution is -2.61. The fraction of sp³-hybridized carbons (Fsp3) is 0.677. The van der Waals surface area contributed by atoms with Gasteiger partial charge in [0.25, 0.3) is 11.5 Å². The van der Waals surface area contributed by atoms with Gasteiger partial charge in [-0.05, 0) is 88.7 Å². The molecule has 4 heterocycles. The topological polar surface area (TPSA) is 87.5 Å². The molecule has 0 spiro atoms. The molecule has 1 N–H and O–H groups in total. The van der Waals surface area contributed by atoms with E-state index in [2.05, 4.69) is 22.1 Å². The highest BCUT2D eigenvalue weighted by Crippen LogP contribution is 2.48. The van der Waals surface area contributed by atoms with E-state index in [0.29, 0.717) is 29.6 Å². The van der Waals surface area contributed by atoms with Gasteiger partial charge in [0.15, 0.2) is 0 Å². The lowest BCUT2D eigenvalue weighted by atomic mass is 9.67. The van der Waals surface area contributed by atoms with E-state index < -0.39 is 17.5 Å². The maximum Gasteiger partial charge on any atom is 0.331 e. The molecule has 8 heteroatoms. The van der Waals surface area contributed by atoms with Crippen LogP contribution >= 0.6 is 0 Å². The van der Waals surface area contributed by atoms with E-state index in [1.54, 1.807) is 13.8 Å². The normalized spacial score (nSPS) is 36.3. The highest BCUT2D eigenvalue weighted by molar-refractivity contribution is 6.22. The number of imide groups is 1. The molecule has 1 unspecified atom stereocenters. The lowest BCUT2D eigenvalue weighted by Gasteiger charge is -2.57. The molecule has 4 bridgehead atoms. The standard InChI is InChI=1S/C31H41N5O3/c1-18-11-12-21-16-23(17-26(18)34(21)22-14-19-7-6-8-20(13-19)15-22)35-25-10-5-4-9-24(25)32-27(28(35)37)36-29(38)31(2,3)33-30(36)39/h4-5,9-10,18-23,26H,6-8,11-17H2,1-3H3,(H,33,39)/t18-,19-,20+,21+,22?,23-,26+/m0/s1. The van der Waals surface area contributed by atoms with Crippen molar-refractivity contribution in [2.45, 2.75) is 115 Å². The van der Waals surface area contributed by atoms with Gasteiger partial charge in [-0.1, -0.05) is 38.3 Å². The number of nitrogens with zero attached hydrogens (tertiary/aromatic N) is 4. The van der Waals surface area contributed by atoms with Gasteiger partial charge in [0, 0.05) is 24.2 Å². The van der Waals surface area contributed by atoms with Crippen LogP contribution in [0.4, 0.5) is 10.6 Å². The molecule has 7 rings (SSSR count). The van der Waals surface area contributed by atoms with Crippen LogP contribution in [-0.4, -0.2) is 50.1 Å². The number of nitrogens with one attached hydrogen (secondary N) is 1. The Morgan fingerprint density at radius 2 is 1.62 bits per heavy atom. The van der Waals surface area contributed by atoms with E-state index in [0.717, 1.165) is 35.1 Å². The van der Waals surface area contributed by atoms with E-state index >= 15 is 0 Å². The minimum absolute atomic E-state index is 0.00927. The van der Waals surface area contributed by atoms with E-state index in [1.807, 2.05) is 28.8 Å². The SMILES string of the molecule is C[C@H]1CC[C@@H]2C[C@H](n3c(=O)c(N4C(=O)NC(C)(C)C4=O)nc4ccccc43)C[C@H]1N2C1C[C@H]2CCC[C@@H](C1)C2. The van der Waals surface area contributed by atoms with Crippen LogP contribution in [0.3, 0.4) is 0 Å². The van der Waals surface area contributed by atoms with Crippen molar-refractivity contribution in [2.24, 2.45) is 17.8 Å². The van der Waals surface area contributed by atoms with Gasteiger partial charge in [-0.15, -0.1) is 0 Å². The first-order valence-electron chi connectivity index (χ1n) is 15.2. The Morgan fingerprint density at radius 3 is 2.33 bits per heavy atom. The van der Waals surface area contributed by atoms with Crippen molar-refractivity contribution in [3.63, 3.8) is 0 Å². The van der Waals surface area contributed by atoms with Crippen molar-refractivity contribution in [3.8, 4) is 0 Å². The quantitative estimate of drug-likeness (QED) is 0.563. The summed E-state index contributed by atoms with van der Waals surface area (Å²) in [6.45, 7) is 5.71. The summed E-state index contributed by atoms with van der Waals surface area (Å²) in [7, 11) is 0. The summed E-state index contributed by atoms with van der Waals surface area (Å²) in [5.41, 5.74) is 0.0102. The van der Waals surface area contributed by atoms with Gasteiger partial charge in [-0.3, -0.25) is 14.5 Å². The van der Waals surface area contributed by atoms with E-state index in [-0.39, 0.29) is 17.4 Å². The number of hydrogen-bond donors (Lipinski definition) is 1. The van der Waals surface area contributed by atoms with Crippen LogP contribution in [0.15, 0.2) is 29.1 Å². The van der Waals surface area contributed by atoms with Crippen molar-refractivity contribution in [2.75, 3.05) is 4.90 Å². The Labute approximate surface area is 230 Å². The minimum atomic E-state index is -1.07. The smallest absolute Gasteiger partial charge is 0.323 e. The number of benzene rings is 1. The number of carbonyl (C=O) groups excluding carboxylic acids is 2. The van der Waals surface area contributed by atoms with Gasteiger partial charge in [-0.2, -0.15) is 0 Å². The maximum atomic E-state index is 14.2. The van der Waals surface area contributed by atoms with Crippen molar-refractivity contribution in [1.29, 1.82) is 0 Å². The molecular weight excluding hydrogens is 490 g/mol. The second kappa shape index (κ2) is 9.15. The average Bonchev–Trinajstić information content (AvgIpc) is 3.11. The molecule has 2 aromatic rings. The van der Waals surface area contributed by atoms with Gasteiger partial charge in [0.1, 0.15) is 5.54 Å². The molecule has 39 heavy (non-hydrogen) atoms. The number of amides is 3. The predicted molar refractivity (Wildman–Crippen MR) is 151 cm³/mol. The average molecular weight is 532 g/mol. The van der Waals surface area contributed by atoms with Crippen LogP contribution in [0.2, 0.25) is 0 Å². The molecule has 7 atom stereocenters. The molecule has 5 fully saturated rings. The number of rotatable bonds is 3. The number of piperidine rings is 2. The fourth-order valence-corrected chi connectivity index (χ4v) is 8.95. The van der Waals surface area contributed by atoms with Gasteiger partial charge in [0.2, 0.25) is 5.82 Å². The Morgan fingerprint density at radius 1 is 0.872 bits per heavy atom. The highest BCUT2D eigenvalue weighted by atomic mass is 16.2. The molecule has 2 aliphatic carbocycles. The second-order valence-electron chi connectivity index (χ2n) is 13.7. The molecule has 8 nitrogen and oxygen atoms in total. The molecule has 208 valence electrons. The van der Waals surface area contributed by atoms with Crippen LogP contribution in [0.5, 0.6) is 0 Å². The van der Waals surface area contributed by atoms with Gasteiger partial charge >= 0.3 is 6.03 Å². The van der Waals surface area contributed by atoms with Gasteiger partial charge in [-0.25, -0.2) is 14.7 Å². The summed E-state index contributed by atoms with van der Waals surface area (Å²) in [5.74, 6) is 1.84. The van der Waals surface area contributed by atoms with Crippen LogP contribution in [0, 0.1) is 17.8 Å². The number of carbonyl (C=O) groups is 2. The summed E-state index contributed by atoms with van der Waals surface area (Å²) in [6, 6.07) is 8.67. The van der Waals surface area contributed by atoms with Crippen LogP contribution in [0.1, 0.15) is 91.0 Å². The minimum Gasteiger partial charge on any atom is -0.323 e. The molecule has 5 aliphatic rings. The zero-order valence-corrected chi connectivity index (χ0v) is 23.4. The fourth-order valence-electron chi connectivity index (χ4n) is 8.95. The number of aromatic nitrogens is 2. The maximum absolute atomic E-state index is 14.2. The van der Waals surface area contributed by atoms with Crippen molar-refractivity contribution >= 4 is 28.8 Å². The molecule has 1 aromatic carbocycles. The molecular formula is C31H41N5O3. The first-order chi connectivity index (χ1) is 18.7. The number of urea groups is 1. The first kappa shape index (κ1) is 25.2. The molecule has 1 aromatic heterocycles. The molecule has 3 amide bonds. The highest BCUT2D eigenvalue weighted by Gasteiger charge is 2.49. The molecule has 0 radical (unpaired) electrons. The first-order valence-corrected chi connectivity index (χ1v) is 15.2.